The van der Waals surface area contributed by atoms with Crippen molar-refractivity contribution >= 4 is 0 Å². The minimum Gasteiger partial charge on any atom is -0.354 e. The summed E-state index contributed by atoms with van der Waals surface area (Å²) in [5.74, 6) is 1.11. The second-order valence-corrected chi connectivity index (χ2v) is 5.81. The highest BCUT2D eigenvalue weighted by Gasteiger charge is 2.33. The van der Waals surface area contributed by atoms with Crippen LogP contribution >= 0.6 is 0 Å². The lowest BCUT2D eigenvalue weighted by molar-refractivity contribution is -0.140. The first-order valence-electron chi connectivity index (χ1n) is 7.31. The van der Waals surface area contributed by atoms with Crippen molar-refractivity contribution in [3.63, 3.8) is 0 Å². The number of hydrogen-bond donors (Lipinski definition) is 1. The van der Waals surface area contributed by atoms with Crippen LogP contribution in [0.2, 0.25) is 0 Å². The lowest BCUT2D eigenvalue weighted by atomic mass is 10.1. The Morgan fingerprint density at radius 2 is 2.13 bits per heavy atom. The molecule has 1 saturated heterocycles. The molecular formula is C14H18F3N5O. The van der Waals surface area contributed by atoms with Gasteiger partial charge in [-0.1, -0.05) is 5.16 Å². The molecule has 1 fully saturated rings. The van der Waals surface area contributed by atoms with E-state index in [4.69, 9.17) is 4.52 Å². The number of aromatic nitrogens is 3. The van der Waals surface area contributed by atoms with E-state index >= 15 is 0 Å². The molecule has 1 aliphatic heterocycles. The van der Waals surface area contributed by atoms with Gasteiger partial charge in [-0.3, -0.25) is 9.80 Å². The zero-order valence-corrected chi connectivity index (χ0v) is 12.9. The molecule has 0 bridgehead atoms. The third-order valence-electron chi connectivity index (χ3n) is 4.01. The zero-order chi connectivity index (χ0) is 16.6. The molecule has 1 N–H and O–H groups in total. The Hall–Kier alpha value is -1.87. The Bertz CT molecular complexity index is 665. The average molecular weight is 329 g/mol. The second-order valence-electron chi connectivity index (χ2n) is 5.81. The maximum atomic E-state index is 12.6. The standard InChI is InChI=1S/C14H18F3N5O/c1-9-18-13(23-20-9)11-8-22(6-5-21(11)2)7-10-3-4-12(19-10)14(15,16)17/h3-4,11,19H,5-8H2,1-2H3. The fourth-order valence-corrected chi connectivity index (χ4v) is 2.73. The predicted octanol–water partition coefficient (Wildman–Crippen LogP) is 2.21. The van der Waals surface area contributed by atoms with Crippen molar-refractivity contribution in [2.75, 3.05) is 26.7 Å². The average Bonchev–Trinajstić information content (AvgIpc) is 3.09. The molecule has 0 aliphatic carbocycles. The van der Waals surface area contributed by atoms with Gasteiger partial charge >= 0.3 is 6.18 Å². The topological polar surface area (TPSA) is 61.2 Å². The van der Waals surface area contributed by atoms with Crippen LogP contribution in [0.4, 0.5) is 13.2 Å². The quantitative estimate of drug-likeness (QED) is 0.935. The van der Waals surface area contributed by atoms with Gasteiger partial charge in [0, 0.05) is 31.9 Å². The highest BCUT2D eigenvalue weighted by Crippen LogP contribution is 2.29. The number of likely N-dealkylation sites (N-methyl/N-ethyl adjacent to an activating group) is 1. The largest absolute Gasteiger partial charge is 0.431 e. The van der Waals surface area contributed by atoms with Crippen molar-refractivity contribution in [3.05, 3.63) is 35.2 Å². The highest BCUT2D eigenvalue weighted by atomic mass is 19.4. The first-order chi connectivity index (χ1) is 10.8. The third kappa shape index (κ3) is 3.56. The maximum Gasteiger partial charge on any atom is 0.431 e. The number of piperazine rings is 1. The van der Waals surface area contributed by atoms with E-state index in [-0.39, 0.29) is 6.04 Å². The number of halogens is 3. The fourth-order valence-electron chi connectivity index (χ4n) is 2.73. The van der Waals surface area contributed by atoms with E-state index in [1.807, 2.05) is 7.05 Å². The predicted molar refractivity (Wildman–Crippen MR) is 75.5 cm³/mol. The lowest BCUT2D eigenvalue weighted by Crippen LogP contribution is -2.46. The van der Waals surface area contributed by atoms with Crippen LogP contribution in [0.1, 0.15) is 29.1 Å². The smallest absolute Gasteiger partial charge is 0.354 e. The van der Waals surface area contributed by atoms with Crippen molar-refractivity contribution in [2.45, 2.75) is 25.7 Å². The summed E-state index contributed by atoms with van der Waals surface area (Å²) in [6.07, 6.45) is -4.34. The highest BCUT2D eigenvalue weighted by molar-refractivity contribution is 5.15. The molecule has 3 rings (SSSR count). The van der Waals surface area contributed by atoms with Gasteiger partial charge in [0.05, 0.1) is 0 Å². The summed E-state index contributed by atoms with van der Waals surface area (Å²) >= 11 is 0. The molecule has 3 heterocycles. The molecule has 126 valence electrons. The number of rotatable bonds is 3. The van der Waals surface area contributed by atoms with Gasteiger partial charge in [-0.2, -0.15) is 18.2 Å². The fraction of sp³-hybridized carbons (Fsp3) is 0.571. The molecule has 0 saturated carbocycles. The van der Waals surface area contributed by atoms with Crippen molar-refractivity contribution in [2.24, 2.45) is 0 Å². The van der Waals surface area contributed by atoms with E-state index in [9.17, 15) is 13.2 Å². The van der Waals surface area contributed by atoms with E-state index in [1.54, 1.807) is 6.92 Å². The molecule has 23 heavy (non-hydrogen) atoms. The van der Waals surface area contributed by atoms with Crippen molar-refractivity contribution in [3.8, 4) is 0 Å². The maximum absolute atomic E-state index is 12.6. The van der Waals surface area contributed by atoms with E-state index in [0.29, 0.717) is 30.5 Å². The summed E-state index contributed by atoms with van der Waals surface area (Å²) in [7, 11) is 1.97. The van der Waals surface area contributed by atoms with Crippen molar-refractivity contribution < 1.29 is 17.7 Å². The normalized spacial score (nSPS) is 21.0. The van der Waals surface area contributed by atoms with Crippen LogP contribution in [-0.4, -0.2) is 51.6 Å². The first-order valence-corrected chi connectivity index (χ1v) is 7.31. The molecule has 1 unspecified atom stereocenters. The van der Waals surface area contributed by atoms with Gasteiger partial charge in [0.15, 0.2) is 5.82 Å². The van der Waals surface area contributed by atoms with Gasteiger partial charge in [-0.25, -0.2) is 0 Å². The van der Waals surface area contributed by atoms with E-state index in [0.717, 1.165) is 19.2 Å². The molecular weight excluding hydrogens is 311 g/mol. The van der Waals surface area contributed by atoms with Crippen LogP contribution in [0, 0.1) is 6.92 Å². The summed E-state index contributed by atoms with van der Waals surface area (Å²) in [5.41, 5.74) is -0.173. The van der Waals surface area contributed by atoms with Gasteiger partial charge in [-0.15, -0.1) is 0 Å². The Morgan fingerprint density at radius 3 is 2.74 bits per heavy atom. The number of nitrogens with one attached hydrogen (secondary N) is 1. The Labute approximate surface area is 131 Å². The molecule has 0 radical (unpaired) electrons. The number of alkyl halides is 3. The van der Waals surface area contributed by atoms with Crippen molar-refractivity contribution in [1.82, 2.24) is 24.9 Å². The summed E-state index contributed by atoms with van der Waals surface area (Å²) in [6.45, 7) is 4.34. The molecule has 0 aromatic carbocycles. The van der Waals surface area contributed by atoms with Gasteiger partial charge < -0.3 is 9.51 Å². The van der Waals surface area contributed by atoms with Crippen LogP contribution in [0.5, 0.6) is 0 Å². The van der Waals surface area contributed by atoms with Gasteiger partial charge in [-0.05, 0) is 26.1 Å². The lowest BCUT2D eigenvalue weighted by Gasteiger charge is -2.37. The molecule has 1 atom stereocenters. The van der Waals surface area contributed by atoms with Gasteiger partial charge in [0.25, 0.3) is 0 Å². The summed E-state index contributed by atoms with van der Waals surface area (Å²) in [4.78, 5) is 10.9. The minimum atomic E-state index is -4.34. The van der Waals surface area contributed by atoms with Gasteiger partial charge in [0.1, 0.15) is 11.7 Å². The Kier molecular flexibility index (Phi) is 4.15. The summed E-state index contributed by atoms with van der Waals surface area (Å²) in [5, 5.41) is 3.80. The van der Waals surface area contributed by atoms with Crippen LogP contribution in [-0.2, 0) is 12.7 Å². The van der Waals surface area contributed by atoms with Crippen LogP contribution in [0.3, 0.4) is 0 Å². The van der Waals surface area contributed by atoms with Crippen LogP contribution in [0.15, 0.2) is 16.7 Å². The van der Waals surface area contributed by atoms with Crippen molar-refractivity contribution in [1.29, 1.82) is 0 Å². The van der Waals surface area contributed by atoms with E-state index in [1.165, 1.54) is 6.07 Å². The zero-order valence-electron chi connectivity index (χ0n) is 12.9. The monoisotopic (exact) mass is 329 g/mol. The molecule has 0 amide bonds. The molecule has 2 aromatic rings. The molecule has 1 aliphatic rings. The summed E-state index contributed by atoms with van der Waals surface area (Å²) in [6, 6.07) is 2.50. The van der Waals surface area contributed by atoms with E-state index in [2.05, 4.69) is 24.9 Å². The minimum absolute atomic E-state index is 0.0537. The third-order valence-corrected chi connectivity index (χ3v) is 4.01. The number of aryl methyl sites for hydroxylation is 1. The molecule has 0 spiro atoms. The Balaban J connectivity index is 1.68. The van der Waals surface area contributed by atoms with E-state index < -0.39 is 11.9 Å². The summed E-state index contributed by atoms with van der Waals surface area (Å²) < 4.78 is 43.1. The number of nitrogens with zero attached hydrogens (tertiary/aromatic N) is 4. The SMILES string of the molecule is Cc1noc(C2CN(Cc3ccc(C(F)(F)F)[nH]3)CCN2C)n1. The van der Waals surface area contributed by atoms with Crippen LogP contribution in [0.25, 0.3) is 0 Å². The number of H-pyrrole nitrogens is 1. The number of aromatic amines is 1. The molecule has 9 heteroatoms. The van der Waals surface area contributed by atoms with Gasteiger partial charge in [0.2, 0.25) is 5.89 Å². The molecule has 2 aromatic heterocycles. The first kappa shape index (κ1) is 16.0. The number of hydrogen-bond acceptors (Lipinski definition) is 5. The Morgan fingerprint density at radius 1 is 1.35 bits per heavy atom. The molecule has 6 nitrogen and oxygen atoms in total. The second kappa shape index (κ2) is 5.97. The van der Waals surface area contributed by atoms with Crippen LogP contribution < -0.4 is 0 Å².